The summed E-state index contributed by atoms with van der Waals surface area (Å²) in [7, 11) is 1.58. The van der Waals surface area contributed by atoms with Crippen molar-refractivity contribution in [2.45, 2.75) is 24.6 Å². The second-order valence-corrected chi connectivity index (χ2v) is 6.11. The number of rotatable bonds is 4. The van der Waals surface area contributed by atoms with Crippen LogP contribution in [0, 0.1) is 0 Å². The Morgan fingerprint density at radius 3 is 3.00 bits per heavy atom. The van der Waals surface area contributed by atoms with Gasteiger partial charge in [0, 0.05) is 12.3 Å². The van der Waals surface area contributed by atoms with Crippen LogP contribution in [0.5, 0.6) is 11.5 Å². The first kappa shape index (κ1) is 12.6. The van der Waals surface area contributed by atoms with E-state index in [0.717, 1.165) is 19.4 Å². The molecule has 3 nitrogen and oxygen atoms in total. The zero-order valence-corrected chi connectivity index (χ0v) is 11.1. The molecule has 1 saturated heterocycles. The smallest absolute Gasteiger partial charge is 0.160 e. The van der Waals surface area contributed by atoms with E-state index in [9.17, 15) is 5.11 Å². The van der Waals surface area contributed by atoms with E-state index in [-0.39, 0.29) is 10.6 Å². The highest BCUT2D eigenvalue weighted by atomic mass is 32.2. The number of phenols is 1. The first-order chi connectivity index (χ1) is 8.13. The SMILES string of the molecule is COc1cc(CCC2(C)NCCS2)ccc1O. The molecule has 0 aromatic heterocycles. The van der Waals surface area contributed by atoms with Crippen molar-refractivity contribution in [1.29, 1.82) is 0 Å². The molecule has 94 valence electrons. The summed E-state index contributed by atoms with van der Waals surface area (Å²) in [6, 6.07) is 5.57. The third-order valence-corrected chi connectivity index (χ3v) is 4.55. The van der Waals surface area contributed by atoms with Crippen LogP contribution in [0.15, 0.2) is 18.2 Å². The van der Waals surface area contributed by atoms with Gasteiger partial charge >= 0.3 is 0 Å². The van der Waals surface area contributed by atoms with Crippen molar-refractivity contribution in [3.05, 3.63) is 23.8 Å². The molecule has 17 heavy (non-hydrogen) atoms. The highest BCUT2D eigenvalue weighted by molar-refractivity contribution is 8.00. The summed E-state index contributed by atoms with van der Waals surface area (Å²) in [5.74, 6) is 1.95. The molecule has 0 saturated carbocycles. The first-order valence-electron chi connectivity index (χ1n) is 5.88. The molecule has 1 aliphatic rings. The number of thioether (sulfide) groups is 1. The fourth-order valence-electron chi connectivity index (χ4n) is 2.06. The zero-order valence-electron chi connectivity index (χ0n) is 10.3. The summed E-state index contributed by atoms with van der Waals surface area (Å²) in [5, 5.41) is 13.0. The van der Waals surface area contributed by atoms with Gasteiger partial charge < -0.3 is 15.2 Å². The van der Waals surface area contributed by atoms with Crippen molar-refractivity contribution in [2.24, 2.45) is 0 Å². The summed E-state index contributed by atoms with van der Waals surface area (Å²) in [6.07, 6.45) is 2.08. The van der Waals surface area contributed by atoms with Crippen molar-refractivity contribution in [3.8, 4) is 11.5 Å². The Hall–Kier alpha value is -0.870. The molecule has 0 bridgehead atoms. The summed E-state index contributed by atoms with van der Waals surface area (Å²) >= 11 is 1.99. The highest BCUT2D eigenvalue weighted by Crippen LogP contribution is 2.32. The molecular weight excluding hydrogens is 234 g/mol. The average Bonchev–Trinajstić information content (AvgIpc) is 2.76. The lowest BCUT2D eigenvalue weighted by Gasteiger charge is -2.23. The van der Waals surface area contributed by atoms with Crippen LogP contribution in [0.1, 0.15) is 18.9 Å². The predicted molar refractivity (Wildman–Crippen MR) is 71.8 cm³/mol. The van der Waals surface area contributed by atoms with E-state index in [1.165, 1.54) is 11.3 Å². The molecule has 2 rings (SSSR count). The summed E-state index contributed by atoms with van der Waals surface area (Å²) in [6.45, 7) is 3.35. The van der Waals surface area contributed by atoms with Gasteiger partial charge in [-0.2, -0.15) is 0 Å². The molecule has 4 heteroatoms. The maximum Gasteiger partial charge on any atom is 0.160 e. The van der Waals surface area contributed by atoms with Crippen LogP contribution in [0.2, 0.25) is 0 Å². The molecule has 1 unspecified atom stereocenters. The van der Waals surface area contributed by atoms with Gasteiger partial charge in [-0.25, -0.2) is 0 Å². The van der Waals surface area contributed by atoms with Gasteiger partial charge in [-0.05, 0) is 37.5 Å². The van der Waals surface area contributed by atoms with E-state index in [1.54, 1.807) is 13.2 Å². The summed E-state index contributed by atoms with van der Waals surface area (Å²) in [4.78, 5) is 0.200. The Labute approximate surface area is 107 Å². The molecule has 2 N–H and O–H groups in total. The quantitative estimate of drug-likeness (QED) is 0.864. The first-order valence-corrected chi connectivity index (χ1v) is 6.86. The Bertz CT molecular complexity index is 389. The van der Waals surface area contributed by atoms with Gasteiger partial charge in [0.05, 0.1) is 12.0 Å². The van der Waals surface area contributed by atoms with Gasteiger partial charge in [-0.3, -0.25) is 0 Å². The molecule has 1 heterocycles. The van der Waals surface area contributed by atoms with Crippen molar-refractivity contribution >= 4 is 11.8 Å². The number of phenolic OH excluding ortho intramolecular Hbond substituents is 1. The normalized spacial score (nSPS) is 23.9. The van der Waals surface area contributed by atoms with Crippen molar-refractivity contribution in [1.82, 2.24) is 5.32 Å². The Morgan fingerprint density at radius 1 is 1.53 bits per heavy atom. The van der Waals surface area contributed by atoms with Crippen LogP contribution in [0.3, 0.4) is 0 Å². The Kier molecular flexibility index (Phi) is 3.84. The van der Waals surface area contributed by atoms with E-state index in [4.69, 9.17) is 4.74 Å². The van der Waals surface area contributed by atoms with Crippen LogP contribution in [-0.4, -0.2) is 29.4 Å². The number of hydrogen-bond donors (Lipinski definition) is 2. The van der Waals surface area contributed by atoms with E-state index >= 15 is 0 Å². The number of ether oxygens (including phenoxy) is 1. The van der Waals surface area contributed by atoms with Gasteiger partial charge in [0.1, 0.15) is 0 Å². The second kappa shape index (κ2) is 5.19. The fourth-order valence-corrected chi connectivity index (χ4v) is 3.17. The molecule has 0 amide bonds. The van der Waals surface area contributed by atoms with Gasteiger partial charge in [0.2, 0.25) is 0 Å². The topological polar surface area (TPSA) is 41.5 Å². The van der Waals surface area contributed by atoms with Gasteiger partial charge in [0.15, 0.2) is 11.5 Å². The highest BCUT2D eigenvalue weighted by Gasteiger charge is 2.28. The number of aryl methyl sites for hydroxylation is 1. The number of nitrogens with one attached hydrogen (secondary N) is 1. The van der Waals surface area contributed by atoms with Gasteiger partial charge in [-0.1, -0.05) is 6.07 Å². The lowest BCUT2D eigenvalue weighted by molar-refractivity contribution is 0.372. The molecule has 1 fully saturated rings. The number of methoxy groups -OCH3 is 1. The third-order valence-electron chi connectivity index (χ3n) is 3.16. The van der Waals surface area contributed by atoms with Crippen molar-refractivity contribution in [3.63, 3.8) is 0 Å². The minimum Gasteiger partial charge on any atom is -0.504 e. The second-order valence-electron chi connectivity index (χ2n) is 4.51. The zero-order chi connectivity index (χ0) is 12.3. The largest absolute Gasteiger partial charge is 0.504 e. The van der Waals surface area contributed by atoms with Gasteiger partial charge in [-0.15, -0.1) is 11.8 Å². The van der Waals surface area contributed by atoms with Crippen molar-refractivity contribution < 1.29 is 9.84 Å². The molecule has 0 aliphatic carbocycles. The number of aromatic hydroxyl groups is 1. The predicted octanol–water partition coefficient (Wildman–Crippen LogP) is 2.39. The molecular formula is C13H19NO2S. The van der Waals surface area contributed by atoms with E-state index < -0.39 is 0 Å². The van der Waals surface area contributed by atoms with E-state index in [0.29, 0.717) is 5.75 Å². The molecule has 1 aromatic rings. The Balaban J connectivity index is 1.99. The molecule has 1 aliphatic heterocycles. The summed E-state index contributed by atoms with van der Waals surface area (Å²) < 4.78 is 5.11. The van der Waals surface area contributed by atoms with Crippen LogP contribution < -0.4 is 10.1 Å². The van der Waals surface area contributed by atoms with E-state index in [2.05, 4.69) is 12.2 Å². The lowest BCUT2D eigenvalue weighted by atomic mass is 10.1. The standard InChI is InChI=1S/C13H19NO2S/c1-13(14-7-8-17-13)6-5-10-3-4-11(15)12(9-10)16-2/h3-4,9,14-15H,5-8H2,1-2H3. The molecule has 0 radical (unpaired) electrons. The lowest BCUT2D eigenvalue weighted by Crippen LogP contribution is -2.33. The van der Waals surface area contributed by atoms with E-state index in [1.807, 2.05) is 23.9 Å². The molecule has 0 spiro atoms. The monoisotopic (exact) mass is 253 g/mol. The summed E-state index contributed by atoms with van der Waals surface area (Å²) in [5.41, 5.74) is 1.20. The average molecular weight is 253 g/mol. The van der Waals surface area contributed by atoms with Crippen LogP contribution in [-0.2, 0) is 6.42 Å². The Morgan fingerprint density at radius 2 is 2.35 bits per heavy atom. The fraction of sp³-hybridized carbons (Fsp3) is 0.538. The van der Waals surface area contributed by atoms with Crippen LogP contribution in [0.25, 0.3) is 0 Å². The third kappa shape index (κ3) is 3.07. The minimum atomic E-state index is 0.200. The maximum absolute atomic E-state index is 9.52. The maximum atomic E-state index is 9.52. The molecule has 1 atom stereocenters. The molecule has 1 aromatic carbocycles. The number of hydrogen-bond acceptors (Lipinski definition) is 4. The van der Waals surface area contributed by atoms with Gasteiger partial charge in [0.25, 0.3) is 0 Å². The van der Waals surface area contributed by atoms with Crippen LogP contribution in [0.4, 0.5) is 0 Å². The van der Waals surface area contributed by atoms with Crippen LogP contribution >= 0.6 is 11.8 Å². The number of benzene rings is 1. The minimum absolute atomic E-state index is 0.200. The van der Waals surface area contributed by atoms with Crippen molar-refractivity contribution in [2.75, 3.05) is 19.4 Å².